The molecule has 2 rings (SSSR count). The Hall–Kier alpha value is -2.64. The number of aromatic nitrogens is 2. The highest BCUT2D eigenvalue weighted by Gasteiger charge is 2.30. The van der Waals surface area contributed by atoms with E-state index in [4.69, 9.17) is 0 Å². The highest BCUT2D eigenvalue weighted by Crippen LogP contribution is 2.30. The maximum absolute atomic E-state index is 12.8. The molecule has 0 aliphatic heterocycles. The first kappa shape index (κ1) is 19.7. The van der Waals surface area contributed by atoms with E-state index in [0.717, 1.165) is 12.1 Å². The van der Waals surface area contributed by atoms with E-state index in [9.17, 15) is 22.8 Å². The van der Waals surface area contributed by atoms with Crippen molar-refractivity contribution in [1.82, 2.24) is 15.3 Å². The zero-order chi connectivity index (χ0) is 19.5. The Morgan fingerprint density at radius 3 is 2.62 bits per heavy atom. The van der Waals surface area contributed by atoms with Crippen molar-refractivity contribution in [2.75, 3.05) is 0 Å². The molecule has 0 radical (unpaired) electrons. The minimum atomic E-state index is -4.43. The molecule has 2 N–H and O–H groups in total. The molecule has 0 fully saturated rings. The number of alkyl halides is 3. The summed E-state index contributed by atoms with van der Waals surface area (Å²) in [4.78, 5) is 30.8. The summed E-state index contributed by atoms with van der Waals surface area (Å²) in [5.41, 5.74) is 0.305. The summed E-state index contributed by atoms with van der Waals surface area (Å²) in [6.07, 6.45) is -4.19. The first-order chi connectivity index (χ1) is 12.1. The highest BCUT2D eigenvalue weighted by molar-refractivity contribution is 5.76. The fraction of sp³-hybridized carbons (Fsp3) is 0.389. The second-order valence-electron chi connectivity index (χ2n) is 6.13. The van der Waals surface area contributed by atoms with Crippen LogP contribution in [0.4, 0.5) is 13.2 Å². The monoisotopic (exact) mass is 367 g/mol. The number of aryl methyl sites for hydroxylation is 2. The second kappa shape index (κ2) is 7.72. The number of H-pyrrole nitrogens is 1. The molecule has 1 aromatic carbocycles. The zero-order valence-electron chi connectivity index (χ0n) is 14.7. The fourth-order valence-corrected chi connectivity index (χ4v) is 2.67. The largest absolute Gasteiger partial charge is 0.416 e. The maximum Gasteiger partial charge on any atom is 0.416 e. The predicted octanol–water partition coefficient (Wildman–Crippen LogP) is 3.22. The molecule has 0 bridgehead atoms. The summed E-state index contributed by atoms with van der Waals surface area (Å²) < 4.78 is 38.3. The van der Waals surface area contributed by atoms with Crippen LogP contribution in [0.1, 0.15) is 47.6 Å². The quantitative estimate of drug-likeness (QED) is 0.852. The normalized spacial score (nSPS) is 12.7. The van der Waals surface area contributed by atoms with Crippen molar-refractivity contribution in [1.29, 1.82) is 0 Å². The van der Waals surface area contributed by atoms with Crippen LogP contribution in [0.25, 0.3) is 0 Å². The average molecular weight is 367 g/mol. The number of nitrogens with one attached hydrogen (secondary N) is 2. The van der Waals surface area contributed by atoms with Gasteiger partial charge in [-0.2, -0.15) is 13.2 Å². The van der Waals surface area contributed by atoms with Crippen LogP contribution in [-0.2, 0) is 17.4 Å². The third-order valence-electron chi connectivity index (χ3n) is 4.03. The predicted molar refractivity (Wildman–Crippen MR) is 90.7 cm³/mol. The van der Waals surface area contributed by atoms with E-state index in [-0.39, 0.29) is 24.3 Å². The number of nitrogens with zero attached hydrogens (tertiary/aromatic N) is 1. The van der Waals surface area contributed by atoms with Crippen molar-refractivity contribution in [2.45, 2.75) is 45.8 Å². The van der Waals surface area contributed by atoms with E-state index in [0.29, 0.717) is 22.6 Å². The molecule has 8 heteroatoms. The van der Waals surface area contributed by atoms with Crippen LogP contribution < -0.4 is 10.9 Å². The highest BCUT2D eigenvalue weighted by atomic mass is 19.4. The van der Waals surface area contributed by atoms with E-state index < -0.39 is 17.8 Å². The fourth-order valence-electron chi connectivity index (χ4n) is 2.67. The summed E-state index contributed by atoms with van der Waals surface area (Å²) in [5.74, 6) is 0.146. The zero-order valence-corrected chi connectivity index (χ0v) is 14.7. The first-order valence-corrected chi connectivity index (χ1v) is 8.11. The van der Waals surface area contributed by atoms with E-state index in [2.05, 4.69) is 15.3 Å². The lowest BCUT2D eigenvalue weighted by molar-refractivity contribution is -0.137. The van der Waals surface area contributed by atoms with Crippen molar-refractivity contribution in [3.8, 4) is 0 Å². The molecule has 1 unspecified atom stereocenters. The van der Waals surface area contributed by atoms with Gasteiger partial charge in [0.15, 0.2) is 0 Å². The number of amides is 1. The molecule has 2 aromatic rings. The molecule has 0 saturated heterocycles. The molecule has 1 aromatic heterocycles. The van der Waals surface area contributed by atoms with E-state index in [1.807, 2.05) is 0 Å². The van der Waals surface area contributed by atoms with Gasteiger partial charge in [-0.25, -0.2) is 4.98 Å². The van der Waals surface area contributed by atoms with Crippen LogP contribution in [0.15, 0.2) is 29.1 Å². The number of carbonyl (C=O) groups is 1. The van der Waals surface area contributed by atoms with E-state index in [1.54, 1.807) is 20.8 Å². The number of carbonyl (C=O) groups excluding carboxylic acids is 1. The summed E-state index contributed by atoms with van der Waals surface area (Å²) in [5, 5.41) is 2.66. The Balaban J connectivity index is 2.01. The van der Waals surface area contributed by atoms with Crippen LogP contribution >= 0.6 is 0 Å². The van der Waals surface area contributed by atoms with Crippen molar-refractivity contribution < 1.29 is 18.0 Å². The standard InChI is InChI=1S/C18H20F3N3O2/c1-10(13-5-4-6-14(9-13)18(19,20)21)23-16(25)8-7-15-11(2)22-12(3)24-17(15)26/h4-6,9-10H,7-8H2,1-3H3,(H,23,25)(H,22,24,26). The van der Waals surface area contributed by atoms with Gasteiger partial charge in [-0.3, -0.25) is 9.59 Å². The number of halogens is 3. The topological polar surface area (TPSA) is 74.8 Å². The lowest BCUT2D eigenvalue weighted by atomic mass is 10.0. The van der Waals surface area contributed by atoms with Crippen LogP contribution in [-0.4, -0.2) is 15.9 Å². The van der Waals surface area contributed by atoms with Gasteiger partial charge in [-0.15, -0.1) is 0 Å². The number of hydrogen-bond acceptors (Lipinski definition) is 3. The van der Waals surface area contributed by atoms with Gasteiger partial charge < -0.3 is 10.3 Å². The van der Waals surface area contributed by atoms with Crippen LogP contribution in [0.2, 0.25) is 0 Å². The molecular formula is C18H20F3N3O2. The molecule has 140 valence electrons. The maximum atomic E-state index is 12.8. The first-order valence-electron chi connectivity index (χ1n) is 8.11. The molecule has 0 aliphatic rings. The van der Waals surface area contributed by atoms with Gasteiger partial charge in [0.05, 0.1) is 11.6 Å². The van der Waals surface area contributed by atoms with Gasteiger partial charge in [0.2, 0.25) is 5.91 Å². The van der Waals surface area contributed by atoms with Crippen LogP contribution in [0.3, 0.4) is 0 Å². The minimum absolute atomic E-state index is 0.0396. The molecule has 1 atom stereocenters. The van der Waals surface area contributed by atoms with Crippen molar-refractivity contribution >= 4 is 5.91 Å². The molecule has 0 aliphatic carbocycles. The van der Waals surface area contributed by atoms with Crippen molar-refractivity contribution in [2.24, 2.45) is 0 Å². The van der Waals surface area contributed by atoms with E-state index in [1.165, 1.54) is 12.1 Å². The Bertz CT molecular complexity index is 859. The van der Waals surface area contributed by atoms with Gasteiger partial charge in [-0.1, -0.05) is 12.1 Å². The summed E-state index contributed by atoms with van der Waals surface area (Å²) >= 11 is 0. The molecular weight excluding hydrogens is 347 g/mol. The smallest absolute Gasteiger partial charge is 0.350 e. The van der Waals surface area contributed by atoms with Gasteiger partial charge in [0, 0.05) is 17.7 Å². The number of hydrogen-bond donors (Lipinski definition) is 2. The van der Waals surface area contributed by atoms with Gasteiger partial charge in [0.1, 0.15) is 5.82 Å². The van der Waals surface area contributed by atoms with Crippen LogP contribution in [0, 0.1) is 13.8 Å². The number of benzene rings is 1. The van der Waals surface area contributed by atoms with E-state index >= 15 is 0 Å². The van der Waals surface area contributed by atoms with Gasteiger partial charge >= 0.3 is 6.18 Å². The van der Waals surface area contributed by atoms with Crippen LogP contribution in [0.5, 0.6) is 0 Å². The lowest BCUT2D eigenvalue weighted by Gasteiger charge is -2.16. The minimum Gasteiger partial charge on any atom is -0.350 e. The molecule has 1 amide bonds. The van der Waals surface area contributed by atoms with Crippen molar-refractivity contribution in [3.05, 3.63) is 62.8 Å². The SMILES string of the molecule is Cc1nc(C)c(CCC(=O)NC(C)c2cccc(C(F)(F)F)c2)c(=O)[nH]1. The number of aromatic amines is 1. The third kappa shape index (κ3) is 4.93. The Kier molecular flexibility index (Phi) is 5.84. The Labute approximate surface area is 148 Å². The number of rotatable bonds is 5. The molecule has 0 spiro atoms. The van der Waals surface area contributed by atoms with Gasteiger partial charge in [-0.05, 0) is 44.9 Å². The third-order valence-corrected chi connectivity index (χ3v) is 4.03. The van der Waals surface area contributed by atoms with Gasteiger partial charge in [0.25, 0.3) is 5.56 Å². The average Bonchev–Trinajstić information content (AvgIpc) is 2.53. The molecule has 1 heterocycles. The Morgan fingerprint density at radius 2 is 2.00 bits per heavy atom. The summed E-state index contributed by atoms with van der Waals surface area (Å²) in [7, 11) is 0. The molecule has 5 nitrogen and oxygen atoms in total. The lowest BCUT2D eigenvalue weighted by Crippen LogP contribution is -2.28. The Morgan fingerprint density at radius 1 is 1.31 bits per heavy atom. The summed E-state index contributed by atoms with van der Waals surface area (Å²) in [6, 6.07) is 4.25. The second-order valence-corrected chi connectivity index (χ2v) is 6.13. The molecule has 0 saturated carbocycles. The summed E-state index contributed by atoms with van der Waals surface area (Å²) in [6.45, 7) is 4.97. The molecule has 26 heavy (non-hydrogen) atoms. The van der Waals surface area contributed by atoms with Crippen molar-refractivity contribution in [3.63, 3.8) is 0 Å².